The van der Waals surface area contributed by atoms with E-state index in [1.807, 2.05) is 6.92 Å². The smallest absolute Gasteiger partial charge is 0.269 e. The number of benzene rings is 1. The monoisotopic (exact) mass is 249 g/mol. The molecule has 1 aliphatic rings. The average Bonchev–Trinajstić information content (AvgIpc) is 2.66. The van der Waals surface area contributed by atoms with E-state index in [4.69, 9.17) is 0 Å². The zero-order chi connectivity index (χ0) is 13.3. The van der Waals surface area contributed by atoms with Crippen LogP contribution in [0.15, 0.2) is 18.2 Å². The number of fused-ring (bicyclic) bond motifs is 1. The van der Waals surface area contributed by atoms with Gasteiger partial charge in [-0.1, -0.05) is 13.3 Å². The van der Waals surface area contributed by atoms with Crippen molar-refractivity contribution >= 4 is 11.5 Å². The summed E-state index contributed by atoms with van der Waals surface area (Å²) < 4.78 is 0. The van der Waals surface area contributed by atoms with Crippen LogP contribution in [-0.2, 0) is 6.42 Å². The Morgan fingerprint density at radius 2 is 2.28 bits per heavy atom. The average molecular weight is 249 g/mol. The second-order valence-electron chi connectivity index (χ2n) is 4.63. The number of rotatable bonds is 4. The Balaban J connectivity index is 2.27. The normalized spacial score (nSPS) is 19.7. The zero-order valence-electron chi connectivity index (χ0n) is 10.1. The van der Waals surface area contributed by atoms with Gasteiger partial charge in [-0.2, -0.15) is 0 Å². The van der Waals surface area contributed by atoms with Gasteiger partial charge in [0.25, 0.3) is 5.69 Å². The first-order valence-electron chi connectivity index (χ1n) is 6.04. The predicted octanol–water partition coefficient (Wildman–Crippen LogP) is 2.11. The number of nitro benzene ring substituents is 1. The van der Waals surface area contributed by atoms with Crippen molar-refractivity contribution in [2.75, 3.05) is 0 Å². The number of hydrogen-bond donors (Lipinski definition) is 1. The maximum atomic E-state index is 12.1. The molecule has 2 unspecified atom stereocenters. The zero-order valence-corrected chi connectivity index (χ0v) is 10.1. The fraction of sp³-hybridized carbons (Fsp3) is 0.462. The highest BCUT2D eigenvalue weighted by Gasteiger charge is 2.35. The van der Waals surface area contributed by atoms with E-state index in [0.717, 1.165) is 6.42 Å². The standard InChI is InChI=1S/C13H15NO4/c1-2-3-12(15)11-7-8-6-9(14(17)18)4-5-10(8)13(11)16/h4-6,11-12,15H,2-3,7H2,1H3. The minimum atomic E-state index is -0.658. The molecule has 5 heteroatoms. The van der Waals surface area contributed by atoms with Crippen molar-refractivity contribution in [3.63, 3.8) is 0 Å². The molecule has 0 aliphatic heterocycles. The number of nitrogens with zero attached hydrogens (tertiary/aromatic N) is 1. The Morgan fingerprint density at radius 1 is 1.56 bits per heavy atom. The summed E-state index contributed by atoms with van der Waals surface area (Å²) in [6.07, 6.45) is 1.12. The molecule has 0 radical (unpaired) electrons. The molecule has 0 amide bonds. The predicted molar refractivity (Wildman–Crippen MR) is 65.5 cm³/mol. The molecule has 0 aromatic heterocycles. The van der Waals surface area contributed by atoms with Gasteiger partial charge >= 0.3 is 0 Å². The molecule has 18 heavy (non-hydrogen) atoms. The molecule has 0 fully saturated rings. The van der Waals surface area contributed by atoms with Gasteiger partial charge in [0.15, 0.2) is 5.78 Å². The molecule has 1 aliphatic carbocycles. The molecule has 5 nitrogen and oxygen atoms in total. The van der Waals surface area contributed by atoms with Gasteiger partial charge in [0, 0.05) is 17.7 Å². The van der Waals surface area contributed by atoms with E-state index in [1.54, 1.807) is 0 Å². The van der Waals surface area contributed by atoms with Crippen LogP contribution in [0.3, 0.4) is 0 Å². The molecule has 2 rings (SSSR count). The van der Waals surface area contributed by atoms with E-state index >= 15 is 0 Å². The van der Waals surface area contributed by atoms with E-state index in [2.05, 4.69) is 0 Å². The van der Waals surface area contributed by atoms with Crippen LogP contribution in [0.25, 0.3) is 0 Å². The topological polar surface area (TPSA) is 80.4 Å². The number of ketones is 1. The number of carbonyl (C=O) groups excluding carboxylic acids is 1. The SMILES string of the molecule is CCCC(O)C1Cc2cc([N+](=O)[O-])ccc2C1=O. The quantitative estimate of drug-likeness (QED) is 0.654. The van der Waals surface area contributed by atoms with Crippen LogP contribution >= 0.6 is 0 Å². The summed E-state index contributed by atoms with van der Waals surface area (Å²) in [5.41, 5.74) is 1.18. The highest BCUT2D eigenvalue weighted by atomic mass is 16.6. The highest BCUT2D eigenvalue weighted by Crippen LogP contribution is 2.32. The van der Waals surface area contributed by atoms with Crippen LogP contribution in [-0.4, -0.2) is 21.9 Å². The summed E-state index contributed by atoms with van der Waals surface area (Å²) in [4.78, 5) is 22.3. The lowest BCUT2D eigenvalue weighted by Gasteiger charge is -2.15. The summed E-state index contributed by atoms with van der Waals surface area (Å²) in [7, 11) is 0. The lowest BCUT2D eigenvalue weighted by Crippen LogP contribution is -2.25. The van der Waals surface area contributed by atoms with E-state index in [9.17, 15) is 20.0 Å². The number of nitro groups is 1. The van der Waals surface area contributed by atoms with Gasteiger partial charge < -0.3 is 5.11 Å². The molecule has 2 atom stereocenters. The fourth-order valence-corrected chi connectivity index (χ4v) is 2.44. The number of Topliss-reactive ketones (excluding diaryl/α,β-unsaturated/α-hetero) is 1. The number of non-ortho nitro benzene ring substituents is 1. The maximum absolute atomic E-state index is 12.1. The van der Waals surface area contributed by atoms with Gasteiger partial charge in [0.05, 0.1) is 16.9 Å². The first kappa shape index (κ1) is 12.7. The van der Waals surface area contributed by atoms with Crippen molar-refractivity contribution in [1.29, 1.82) is 0 Å². The lowest BCUT2D eigenvalue weighted by molar-refractivity contribution is -0.384. The van der Waals surface area contributed by atoms with Crippen LogP contribution < -0.4 is 0 Å². The highest BCUT2D eigenvalue weighted by molar-refractivity contribution is 6.02. The Hall–Kier alpha value is -1.75. The summed E-state index contributed by atoms with van der Waals surface area (Å²) >= 11 is 0. The van der Waals surface area contributed by atoms with E-state index < -0.39 is 16.9 Å². The molecule has 0 spiro atoms. The Labute approximate surface area is 105 Å². The second kappa shape index (κ2) is 4.86. The summed E-state index contributed by atoms with van der Waals surface area (Å²) in [6, 6.07) is 4.27. The molecule has 96 valence electrons. The van der Waals surface area contributed by atoms with Gasteiger partial charge in [0.1, 0.15) is 0 Å². The third-order valence-corrected chi connectivity index (χ3v) is 3.39. The molecule has 1 N–H and O–H groups in total. The van der Waals surface area contributed by atoms with Crippen LogP contribution in [0.5, 0.6) is 0 Å². The number of hydrogen-bond acceptors (Lipinski definition) is 4. The molecular formula is C13H15NO4. The fourth-order valence-electron chi connectivity index (χ4n) is 2.44. The summed E-state index contributed by atoms with van der Waals surface area (Å²) in [5.74, 6) is -0.539. The Morgan fingerprint density at radius 3 is 2.89 bits per heavy atom. The first-order valence-corrected chi connectivity index (χ1v) is 6.04. The van der Waals surface area contributed by atoms with Crippen molar-refractivity contribution in [2.45, 2.75) is 32.3 Å². The summed E-state index contributed by atoms with van der Waals surface area (Å²) in [6.45, 7) is 1.95. The molecule has 1 aromatic carbocycles. The van der Waals surface area contributed by atoms with Crippen LogP contribution in [0.4, 0.5) is 5.69 Å². The van der Waals surface area contributed by atoms with Crippen LogP contribution in [0.1, 0.15) is 35.7 Å². The summed E-state index contributed by atoms with van der Waals surface area (Å²) in [5, 5.41) is 20.6. The molecule has 0 heterocycles. The Bertz CT molecular complexity index is 498. The van der Waals surface area contributed by atoms with Gasteiger partial charge in [-0.15, -0.1) is 0 Å². The number of carbonyl (C=O) groups is 1. The largest absolute Gasteiger partial charge is 0.392 e. The minimum absolute atomic E-state index is 0.00724. The van der Waals surface area contributed by atoms with Gasteiger partial charge in [-0.05, 0) is 24.5 Å². The van der Waals surface area contributed by atoms with Crippen molar-refractivity contribution in [3.8, 4) is 0 Å². The van der Waals surface area contributed by atoms with E-state index in [-0.39, 0.29) is 11.5 Å². The molecule has 0 saturated carbocycles. The van der Waals surface area contributed by atoms with Crippen molar-refractivity contribution < 1.29 is 14.8 Å². The second-order valence-corrected chi connectivity index (χ2v) is 4.63. The number of aliphatic hydroxyl groups is 1. The third-order valence-electron chi connectivity index (χ3n) is 3.39. The third kappa shape index (κ3) is 2.13. The van der Waals surface area contributed by atoms with Crippen LogP contribution in [0.2, 0.25) is 0 Å². The van der Waals surface area contributed by atoms with Gasteiger partial charge in [0.2, 0.25) is 0 Å². The Kier molecular flexibility index (Phi) is 3.43. The molecule has 1 aromatic rings. The van der Waals surface area contributed by atoms with Gasteiger partial charge in [-0.3, -0.25) is 14.9 Å². The lowest BCUT2D eigenvalue weighted by atomic mass is 9.95. The van der Waals surface area contributed by atoms with Crippen molar-refractivity contribution in [1.82, 2.24) is 0 Å². The van der Waals surface area contributed by atoms with Crippen molar-refractivity contribution in [2.24, 2.45) is 5.92 Å². The maximum Gasteiger partial charge on any atom is 0.269 e. The number of aliphatic hydroxyl groups excluding tert-OH is 1. The van der Waals surface area contributed by atoms with E-state index in [0.29, 0.717) is 24.0 Å². The molecular weight excluding hydrogens is 234 g/mol. The van der Waals surface area contributed by atoms with Crippen molar-refractivity contribution in [3.05, 3.63) is 39.4 Å². The minimum Gasteiger partial charge on any atom is -0.392 e. The van der Waals surface area contributed by atoms with Crippen LogP contribution in [0, 0.1) is 16.0 Å². The first-order chi connectivity index (χ1) is 8.54. The molecule has 0 saturated heterocycles. The van der Waals surface area contributed by atoms with E-state index in [1.165, 1.54) is 18.2 Å². The molecule has 0 bridgehead atoms. The van der Waals surface area contributed by atoms with Gasteiger partial charge in [-0.25, -0.2) is 0 Å².